The molecule has 1 saturated heterocycles. The number of likely N-dealkylation sites (tertiary alicyclic amines) is 1. The number of rotatable bonds is 6. The van der Waals surface area contributed by atoms with Crippen LogP contribution in [-0.4, -0.2) is 41.6 Å². The predicted molar refractivity (Wildman–Crippen MR) is 111 cm³/mol. The summed E-state index contributed by atoms with van der Waals surface area (Å²) in [4.78, 5) is 15.0. The van der Waals surface area contributed by atoms with Crippen molar-refractivity contribution in [3.8, 4) is 0 Å². The maximum Gasteiger partial charge on any atom is 0.253 e. The van der Waals surface area contributed by atoms with Gasteiger partial charge >= 0.3 is 0 Å². The summed E-state index contributed by atoms with van der Waals surface area (Å²) in [5, 5.41) is 13.4. The van der Waals surface area contributed by atoms with E-state index in [-0.39, 0.29) is 11.9 Å². The smallest absolute Gasteiger partial charge is 0.253 e. The molecule has 0 spiro atoms. The number of piperidine rings is 1. The highest BCUT2D eigenvalue weighted by molar-refractivity contribution is 5.82. The molecule has 1 saturated carbocycles. The summed E-state index contributed by atoms with van der Waals surface area (Å²) in [6, 6.07) is 15.8. The van der Waals surface area contributed by atoms with E-state index < -0.39 is 12.0 Å². The molecule has 152 valence electrons. The Bertz CT molecular complexity index is 839. The normalized spacial score (nSPS) is 25.2. The topological polar surface area (TPSA) is 52.6 Å². The van der Waals surface area contributed by atoms with Crippen molar-refractivity contribution in [1.29, 1.82) is 0 Å². The lowest BCUT2D eigenvalue weighted by atomic mass is 9.91. The van der Waals surface area contributed by atoms with Gasteiger partial charge in [-0.25, -0.2) is 4.39 Å². The number of amides is 1. The SMILES string of the molecule is O=C(NC1[C@@H]2CC[C@H]1CN(C/C=C/c1ccccc1)C2)C(O)c1ccc(F)cc1. The quantitative estimate of drug-likeness (QED) is 0.790. The van der Waals surface area contributed by atoms with Gasteiger partial charge in [-0.1, -0.05) is 54.6 Å². The van der Waals surface area contributed by atoms with Crippen molar-refractivity contribution in [2.24, 2.45) is 11.8 Å². The van der Waals surface area contributed by atoms with Crippen molar-refractivity contribution in [1.82, 2.24) is 10.2 Å². The van der Waals surface area contributed by atoms with E-state index in [0.29, 0.717) is 17.4 Å². The Hall–Kier alpha value is -2.50. The van der Waals surface area contributed by atoms with Crippen LogP contribution in [0.1, 0.15) is 30.1 Å². The number of halogens is 1. The Morgan fingerprint density at radius 1 is 1.10 bits per heavy atom. The molecule has 0 aromatic heterocycles. The van der Waals surface area contributed by atoms with E-state index >= 15 is 0 Å². The number of fused-ring (bicyclic) bond motifs is 2. The largest absolute Gasteiger partial charge is 0.378 e. The zero-order valence-corrected chi connectivity index (χ0v) is 16.4. The van der Waals surface area contributed by atoms with Crippen LogP contribution in [0.25, 0.3) is 6.08 Å². The Labute approximate surface area is 171 Å². The number of aliphatic hydroxyl groups excluding tert-OH is 1. The molecule has 2 aromatic carbocycles. The summed E-state index contributed by atoms with van der Waals surface area (Å²) in [6.07, 6.45) is 5.28. The first-order chi connectivity index (χ1) is 14.1. The van der Waals surface area contributed by atoms with Crippen molar-refractivity contribution in [3.63, 3.8) is 0 Å². The van der Waals surface area contributed by atoms with Crippen LogP contribution in [0.5, 0.6) is 0 Å². The van der Waals surface area contributed by atoms with Gasteiger partial charge in [0.2, 0.25) is 0 Å². The van der Waals surface area contributed by atoms with Gasteiger partial charge < -0.3 is 10.4 Å². The molecule has 0 radical (unpaired) electrons. The van der Waals surface area contributed by atoms with Gasteiger partial charge in [0, 0.05) is 25.7 Å². The number of aliphatic hydroxyl groups is 1. The summed E-state index contributed by atoms with van der Waals surface area (Å²) in [6.45, 7) is 2.81. The first-order valence-electron chi connectivity index (χ1n) is 10.3. The summed E-state index contributed by atoms with van der Waals surface area (Å²) < 4.78 is 13.1. The fourth-order valence-corrected chi connectivity index (χ4v) is 4.65. The van der Waals surface area contributed by atoms with E-state index in [1.54, 1.807) is 0 Å². The molecule has 2 N–H and O–H groups in total. The third kappa shape index (κ3) is 4.74. The average Bonchev–Trinajstić information content (AvgIpc) is 2.96. The third-order valence-electron chi connectivity index (χ3n) is 6.13. The molecular weight excluding hydrogens is 367 g/mol. The van der Waals surface area contributed by atoms with E-state index in [1.165, 1.54) is 29.8 Å². The van der Waals surface area contributed by atoms with Gasteiger partial charge in [0.1, 0.15) is 5.82 Å². The molecule has 4 nitrogen and oxygen atoms in total. The average molecular weight is 394 g/mol. The summed E-state index contributed by atoms with van der Waals surface area (Å²) >= 11 is 0. The van der Waals surface area contributed by atoms with Crippen LogP contribution >= 0.6 is 0 Å². The van der Waals surface area contributed by atoms with E-state index in [4.69, 9.17) is 0 Å². The van der Waals surface area contributed by atoms with Gasteiger partial charge in [-0.05, 0) is 47.9 Å². The number of nitrogens with zero attached hydrogens (tertiary/aromatic N) is 1. The lowest BCUT2D eigenvalue weighted by Gasteiger charge is -2.38. The van der Waals surface area contributed by atoms with E-state index in [2.05, 4.69) is 34.5 Å². The fourth-order valence-electron chi connectivity index (χ4n) is 4.65. The Morgan fingerprint density at radius 2 is 1.76 bits per heavy atom. The number of nitrogens with one attached hydrogen (secondary N) is 1. The molecule has 2 bridgehead atoms. The molecule has 1 aliphatic carbocycles. The van der Waals surface area contributed by atoms with Gasteiger partial charge in [0.25, 0.3) is 5.91 Å². The molecule has 1 heterocycles. The molecular formula is C24H27FN2O2. The second kappa shape index (κ2) is 8.89. The molecule has 4 atom stereocenters. The van der Waals surface area contributed by atoms with Gasteiger partial charge in [-0.15, -0.1) is 0 Å². The Kier molecular flexibility index (Phi) is 6.07. The van der Waals surface area contributed by atoms with Crippen LogP contribution in [0.15, 0.2) is 60.7 Å². The van der Waals surface area contributed by atoms with Crippen molar-refractivity contribution in [2.75, 3.05) is 19.6 Å². The number of carbonyl (C=O) groups is 1. The maximum atomic E-state index is 13.1. The molecule has 4 rings (SSSR count). The van der Waals surface area contributed by atoms with E-state index in [1.807, 2.05) is 18.2 Å². The highest BCUT2D eigenvalue weighted by Crippen LogP contribution is 2.37. The first kappa shape index (κ1) is 19.8. The van der Waals surface area contributed by atoms with Crippen LogP contribution < -0.4 is 5.32 Å². The van der Waals surface area contributed by atoms with Crippen molar-refractivity contribution in [3.05, 3.63) is 77.6 Å². The fraction of sp³-hybridized carbons (Fsp3) is 0.375. The zero-order valence-electron chi connectivity index (χ0n) is 16.4. The lowest BCUT2D eigenvalue weighted by Crippen LogP contribution is -2.53. The van der Waals surface area contributed by atoms with Crippen molar-refractivity contribution in [2.45, 2.75) is 25.0 Å². The second-order valence-electron chi connectivity index (χ2n) is 8.12. The highest BCUT2D eigenvalue weighted by Gasteiger charge is 2.42. The minimum Gasteiger partial charge on any atom is -0.378 e. The van der Waals surface area contributed by atoms with Crippen LogP contribution in [0, 0.1) is 17.7 Å². The molecule has 2 unspecified atom stereocenters. The number of hydrogen-bond acceptors (Lipinski definition) is 3. The third-order valence-corrected chi connectivity index (χ3v) is 6.13. The minimum atomic E-state index is -1.26. The predicted octanol–water partition coefficient (Wildman–Crippen LogP) is 3.40. The maximum absolute atomic E-state index is 13.1. The molecule has 5 heteroatoms. The van der Waals surface area contributed by atoms with Crippen molar-refractivity contribution < 1.29 is 14.3 Å². The van der Waals surface area contributed by atoms with Crippen LogP contribution in [0.2, 0.25) is 0 Å². The Balaban J connectivity index is 1.31. The Morgan fingerprint density at radius 3 is 2.41 bits per heavy atom. The first-order valence-corrected chi connectivity index (χ1v) is 10.3. The molecule has 1 amide bonds. The van der Waals surface area contributed by atoms with Gasteiger partial charge in [-0.2, -0.15) is 0 Å². The van der Waals surface area contributed by atoms with E-state index in [9.17, 15) is 14.3 Å². The molecule has 2 aromatic rings. The molecule has 2 fully saturated rings. The molecule has 2 aliphatic rings. The molecule has 29 heavy (non-hydrogen) atoms. The van der Waals surface area contributed by atoms with Gasteiger partial charge in [-0.3, -0.25) is 9.69 Å². The van der Waals surface area contributed by atoms with Crippen molar-refractivity contribution >= 4 is 12.0 Å². The number of hydrogen-bond donors (Lipinski definition) is 2. The van der Waals surface area contributed by atoms with Gasteiger partial charge in [0.05, 0.1) is 0 Å². The standard InChI is InChI=1S/C24H27FN2O2/c25-21-12-10-18(11-13-21)23(28)24(29)26-22-19-8-9-20(22)16-27(15-19)14-4-7-17-5-2-1-3-6-17/h1-7,10-13,19-20,22-23,28H,8-9,14-16H2,(H,26,29)/b7-4+/t19-,20+,22?,23?. The summed E-state index contributed by atoms with van der Waals surface area (Å²) in [5.41, 5.74) is 1.62. The number of benzene rings is 2. The summed E-state index contributed by atoms with van der Waals surface area (Å²) in [7, 11) is 0. The van der Waals surface area contributed by atoms with Gasteiger partial charge in [0.15, 0.2) is 6.10 Å². The minimum absolute atomic E-state index is 0.104. The zero-order chi connectivity index (χ0) is 20.2. The van der Waals surface area contributed by atoms with Crippen LogP contribution in [0.3, 0.4) is 0 Å². The molecule has 1 aliphatic heterocycles. The summed E-state index contributed by atoms with van der Waals surface area (Å²) in [5.74, 6) is 0.0375. The second-order valence-corrected chi connectivity index (χ2v) is 8.12. The van der Waals surface area contributed by atoms with Crippen LogP contribution in [0.4, 0.5) is 4.39 Å². The monoisotopic (exact) mass is 394 g/mol. The lowest BCUT2D eigenvalue weighted by molar-refractivity contribution is -0.131. The van der Waals surface area contributed by atoms with E-state index in [0.717, 1.165) is 32.5 Å². The highest BCUT2D eigenvalue weighted by atomic mass is 19.1. The van der Waals surface area contributed by atoms with Crippen LogP contribution in [-0.2, 0) is 4.79 Å². The number of carbonyl (C=O) groups excluding carboxylic acids is 1.